The Morgan fingerprint density at radius 2 is 2.00 bits per heavy atom. The first kappa shape index (κ1) is 19.7. The number of ether oxygens (including phenoxy) is 3. The van der Waals surface area contributed by atoms with E-state index < -0.39 is 12.0 Å². The summed E-state index contributed by atoms with van der Waals surface area (Å²) in [5, 5.41) is 14.9. The SMILES string of the molecule is CCCOc1ccc(C2C(C(=O)OCC)=C(C)Nc3nnnn32)cc1OCC. The third-order valence-corrected chi connectivity index (χ3v) is 4.25. The summed E-state index contributed by atoms with van der Waals surface area (Å²) in [6.07, 6.45) is 0.893. The minimum atomic E-state index is -0.537. The molecule has 0 aliphatic carbocycles. The predicted molar refractivity (Wildman–Crippen MR) is 102 cm³/mol. The average molecular weight is 387 g/mol. The zero-order valence-electron chi connectivity index (χ0n) is 16.6. The topological polar surface area (TPSA) is 100 Å². The molecule has 0 amide bonds. The fourth-order valence-electron chi connectivity index (χ4n) is 3.09. The van der Waals surface area contributed by atoms with E-state index in [-0.39, 0.29) is 6.61 Å². The van der Waals surface area contributed by atoms with E-state index in [0.29, 0.717) is 41.9 Å². The van der Waals surface area contributed by atoms with E-state index in [0.717, 1.165) is 12.0 Å². The Kier molecular flexibility index (Phi) is 6.13. The maximum atomic E-state index is 12.7. The van der Waals surface area contributed by atoms with E-state index >= 15 is 0 Å². The quantitative estimate of drug-likeness (QED) is 0.690. The number of benzene rings is 1. The number of nitrogens with zero attached hydrogens (tertiary/aromatic N) is 4. The highest BCUT2D eigenvalue weighted by Gasteiger charge is 2.35. The molecule has 1 atom stereocenters. The second kappa shape index (κ2) is 8.73. The molecule has 0 radical (unpaired) electrons. The van der Waals surface area contributed by atoms with Gasteiger partial charge < -0.3 is 19.5 Å². The standard InChI is InChI=1S/C19H25N5O4/c1-5-10-28-14-9-8-13(11-15(14)26-6-2)17-16(18(25)27-7-3)12(4)20-19-21-22-23-24(17)19/h8-9,11,17H,5-7,10H2,1-4H3,(H,20,21,23). The largest absolute Gasteiger partial charge is 0.490 e. The number of rotatable bonds is 8. The van der Waals surface area contributed by atoms with Gasteiger partial charge in [0.25, 0.3) is 0 Å². The van der Waals surface area contributed by atoms with Crippen molar-refractivity contribution in [3.8, 4) is 11.5 Å². The fourth-order valence-corrected chi connectivity index (χ4v) is 3.09. The number of hydrogen-bond donors (Lipinski definition) is 1. The maximum Gasteiger partial charge on any atom is 0.338 e. The van der Waals surface area contributed by atoms with E-state index in [1.165, 1.54) is 0 Å². The van der Waals surface area contributed by atoms with E-state index in [9.17, 15) is 4.79 Å². The number of tetrazole rings is 1. The summed E-state index contributed by atoms with van der Waals surface area (Å²) >= 11 is 0. The van der Waals surface area contributed by atoms with Gasteiger partial charge in [-0.1, -0.05) is 18.1 Å². The first-order valence-corrected chi connectivity index (χ1v) is 9.42. The summed E-state index contributed by atoms with van der Waals surface area (Å²) in [7, 11) is 0. The van der Waals surface area contributed by atoms with Crippen LogP contribution in [0.2, 0.25) is 0 Å². The normalized spacial score (nSPS) is 15.6. The van der Waals surface area contributed by atoms with Crippen LogP contribution in [0.4, 0.5) is 5.95 Å². The van der Waals surface area contributed by atoms with Crippen LogP contribution >= 0.6 is 0 Å². The highest BCUT2D eigenvalue weighted by Crippen LogP contribution is 2.38. The molecule has 28 heavy (non-hydrogen) atoms. The highest BCUT2D eigenvalue weighted by atomic mass is 16.5. The summed E-state index contributed by atoms with van der Waals surface area (Å²) in [5.41, 5.74) is 1.89. The number of esters is 1. The van der Waals surface area contributed by atoms with Crippen LogP contribution in [0.15, 0.2) is 29.5 Å². The van der Waals surface area contributed by atoms with Crippen molar-refractivity contribution in [1.29, 1.82) is 0 Å². The number of fused-ring (bicyclic) bond motifs is 1. The van der Waals surface area contributed by atoms with E-state index in [4.69, 9.17) is 14.2 Å². The lowest BCUT2D eigenvalue weighted by atomic mass is 9.95. The van der Waals surface area contributed by atoms with Crippen LogP contribution in [-0.2, 0) is 9.53 Å². The first-order valence-electron chi connectivity index (χ1n) is 9.42. The Balaban J connectivity index is 2.08. The van der Waals surface area contributed by atoms with Crippen molar-refractivity contribution in [1.82, 2.24) is 20.2 Å². The van der Waals surface area contributed by atoms with Crippen LogP contribution in [0.1, 0.15) is 45.7 Å². The Morgan fingerprint density at radius 1 is 1.18 bits per heavy atom. The molecule has 1 aromatic carbocycles. The van der Waals surface area contributed by atoms with Gasteiger partial charge >= 0.3 is 5.97 Å². The molecule has 0 fully saturated rings. The molecule has 2 heterocycles. The van der Waals surface area contributed by atoms with Gasteiger partial charge in [-0.15, -0.1) is 0 Å². The Labute approximate surface area is 163 Å². The lowest BCUT2D eigenvalue weighted by Gasteiger charge is -2.27. The molecule has 0 bridgehead atoms. The molecule has 1 N–H and O–H groups in total. The second-order valence-electron chi connectivity index (χ2n) is 6.22. The Bertz CT molecular complexity index is 877. The summed E-state index contributed by atoms with van der Waals surface area (Å²) in [6.45, 7) is 8.90. The molecule has 150 valence electrons. The van der Waals surface area contributed by atoms with Gasteiger partial charge in [0.15, 0.2) is 11.5 Å². The molecule has 0 spiro atoms. The predicted octanol–water partition coefficient (Wildman–Crippen LogP) is 2.71. The zero-order chi connectivity index (χ0) is 20.1. The number of anilines is 1. The van der Waals surface area contributed by atoms with Gasteiger partial charge in [-0.2, -0.15) is 4.68 Å². The van der Waals surface area contributed by atoms with Crippen molar-refractivity contribution in [3.63, 3.8) is 0 Å². The number of carbonyl (C=O) groups excluding carboxylic acids is 1. The van der Waals surface area contributed by atoms with Crippen LogP contribution < -0.4 is 14.8 Å². The van der Waals surface area contributed by atoms with Gasteiger partial charge in [0.05, 0.1) is 25.4 Å². The molecule has 2 aromatic rings. The van der Waals surface area contributed by atoms with Gasteiger partial charge in [-0.3, -0.25) is 0 Å². The van der Waals surface area contributed by atoms with Crippen molar-refractivity contribution in [2.24, 2.45) is 0 Å². The summed E-state index contributed by atoms with van der Waals surface area (Å²) in [4.78, 5) is 12.7. The van der Waals surface area contributed by atoms with Crippen molar-refractivity contribution in [3.05, 3.63) is 35.0 Å². The molecular formula is C19H25N5O4. The Morgan fingerprint density at radius 3 is 2.71 bits per heavy atom. The number of carbonyl (C=O) groups is 1. The lowest BCUT2D eigenvalue weighted by molar-refractivity contribution is -0.139. The summed E-state index contributed by atoms with van der Waals surface area (Å²) < 4.78 is 18.4. The second-order valence-corrected chi connectivity index (χ2v) is 6.22. The first-order chi connectivity index (χ1) is 13.6. The van der Waals surface area contributed by atoms with E-state index in [1.807, 2.05) is 32.0 Å². The van der Waals surface area contributed by atoms with Crippen LogP contribution in [0.25, 0.3) is 0 Å². The lowest BCUT2D eigenvalue weighted by Crippen LogP contribution is -2.29. The van der Waals surface area contributed by atoms with E-state index in [2.05, 4.69) is 20.8 Å². The summed E-state index contributed by atoms with van der Waals surface area (Å²) in [6, 6.07) is 5.06. The van der Waals surface area contributed by atoms with Crippen molar-refractivity contribution in [2.45, 2.75) is 40.2 Å². The van der Waals surface area contributed by atoms with Crippen LogP contribution in [0, 0.1) is 0 Å². The molecule has 1 unspecified atom stereocenters. The number of aromatic nitrogens is 4. The minimum absolute atomic E-state index is 0.277. The van der Waals surface area contributed by atoms with Gasteiger partial charge in [0.1, 0.15) is 6.04 Å². The molecule has 9 heteroatoms. The monoisotopic (exact) mass is 387 g/mol. The molecule has 0 saturated heterocycles. The summed E-state index contributed by atoms with van der Waals surface area (Å²) in [5.74, 6) is 1.32. The molecule has 1 aromatic heterocycles. The van der Waals surface area contributed by atoms with Gasteiger partial charge in [0, 0.05) is 5.70 Å². The number of allylic oxidation sites excluding steroid dienone is 1. The Hall–Kier alpha value is -3.10. The fraction of sp³-hybridized carbons (Fsp3) is 0.474. The molecule has 0 saturated carbocycles. The van der Waals surface area contributed by atoms with E-state index in [1.54, 1.807) is 18.5 Å². The third kappa shape index (κ3) is 3.78. The average Bonchev–Trinajstić information content (AvgIpc) is 3.14. The molecule has 1 aliphatic heterocycles. The molecule has 9 nitrogen and oxygen atoms in total. The van der Waals surface area contributed by atoms with Gasteiger partial charge in [-0.05, 0) is 55.3 Å². The van der Waals surface area contributed by atoms with Crippen LogP contribution in [0.5, 0.6) is 11.5 Å². The van der Waals surface area contributed by atoms with Gasteiger partial charge in [0.2, 0.25) is 5.95 Å². The van der Waals surface area contributed by atoms with Crippen molar-refractivity contribution < 1.29 is 19.0 Å². The molecular weight excluding hydrogens is 362 g/mol. The smallest absolute Gasteiger partial charge is 0.338 e. The zero-order valence-corrected chi connectivity index (χ0v) is 16.6. The maximum absolute atomic E-state index is 12.7. The van der Waals surface area contributed by atoms with Crippen molar-refractivity contribution >= 4 is 11.9 Å². The highest BCUT2D eigenvalue weighted by molar-refractivity contribution is 5.92. The number of hydrogen-bond acceptors (Lipinski definition) is 8. The van der Waals surface area contributed by atoms with Crippen LogP contribution in [-0.4, -0.2) is 46.0 Å². The minimum Gasteiger partial charge on any atom is -0.490 e. The number of nitrogens with one attached hydrogen (secondary N) is 1. The van der Waals surface area contributed by atoms with Crippen molar-refractivity contribution in [2.75, 3.05) is 25.1 Å². The molecule has 3 rings (SSSR count). The van der Waals surface area contributed by atoms with Crippen LogP contribution in [0.3, 0.4) is 0 Å². The molecule has 1 aliphatic rings. The van der Waals surface area contributed by atoms with Gasteiger partial charge in [-0.25, -0.2) is 4.79 Å². The third-order valence-electron chi connectivity index (χ3n) is 4.25.